The lowest BCUT2D eigenvalue weighted by Gasteiger charge is -2.37. The van der Waals surface area contributed by atoms with E-state index in [9.17, 15) is 0 Å². The summed E-state index contributed by atoms with van der Waals surface area (Å²) in [6.45, 7) is 33.2. The van der Waals surface area contributed by atoms with Crippen molar-refractivity contribution in [1.82, 2.24) is 27.5 Å². The molecule has 10 aromatic heterocycles. The normalized spacial score (nSPS) is 15.6. The van der Waals surface area contributed by atoms with E-state index in [4.69, 9.17) is 27.5 Å². The van der Waals surface area contributed by atoms with Gasteiger partial charge in [-0.05, 0) is 120 Å². The fourth-order valence-electron chi connectivity index (χ4n) is 15.7. The zero-order valence-electron chi connectivity index (χ0n) is 60.9. The molecule has 1 aliphatic rings. The van der Waals surface area contributed by atoms with Crippen molar-refractivity contribution in [3.05, 3.63) is 92.2 Å². The van der Waals surface area contributed by atoms with Crippen molar-refractivity contribution in [2.75, 3.05) is 0 Å². The van der Waals surface area contributed by atoms with Crippen LogP contribution in [0.1, 0.15) is 282 Å². The van der Waals surface area contributed by atoms with Gasteiger partial charge in [-0.1, -0.05) is 238 Å². The maximum Gasteiger partial charge on any atom is 0.132 e. The quantitative estimate of drug-likeness (QED) is 0.0368. The summed E-state index contributed by atoms with van der Waals surface area (Å²) < 4.78 is 23.3. The summed E-state index contributed by atoms with van der Waals surface area (Å²) in [5, 5.41) is 2.75. The van der Waals surface area contributed by atoms with Crippen molar-refractivity contribution in [1.29, 1.82) is 0 Å². The zero-order valence-corrected chi connectivity index (χ0v) is 67.4. The Balaban J connectivity index is 0.985. The van der Waals surface area contributed by atoms with Crippen LogP contribution in [0.2, 0.25) is 0 Å². The molecule has 0 amide bonds. The summed E-state index contributed by atoms with van der Waals surface area (Å²) in [6.07, 6.45) is 37.5. The van der Waals surface area contributed by atoms with Crippen LogP contribution in [0.5, 0.6) is 0 Å². The summed E-state index contributed by atoms with van der Waals surface area (Å²) in [5.41, 5.74) is 13.5. The number of benzene rings is 1. The van der Waals surface area contributed by atoms with Crippen LogP contribution in [0, 0.1) is 23.7 Å². The van der Waals surface area contributed by atoms with Gasteiger partial charge in [0.15, 0.2) is 0 Å². The smallest absolute Gasteiger partial charge is 0.132 e. The molecular formula is C83H108N6S8. The minimum absolute atomic E-state index is 0.00803. The van der Waals surface area contributed by atoms with Gasteiger partial charge in [-0.25, -0.2) is 0 Å². The van der Waals surface area contributed by atoms with Gasteiger partial charge in [0.1, 0.15) is 33.5 Å². The van der Waals surface area contributed by atoms with Crippen LogP contribution in [0.15, 0.2) is 60.9 Å². The Morgan fingerprint density at radius 2 is 0.887 bits per heavy atom. The molecule has 14 heteroatoms. The summed E-state index contributed by atoms with van der Waals surface area (Å²) in [7, 11) is 0. The van der Waals surface area contributed by atoms with E-state index >= 15 is 0 Å². The van der Waals surface area contributed by atoms with Gasteiger partial charge >= 0.3 is 0 Å². The lowest BCUT2D eigenvalue weighted by Crippen LogP contribution is -2.31. The van der Waals surface area contributed by atoms with Crippen LogP contribution in [-0.4, -0.2) is 27.5 Å². The van der Waals surface area contributed by atoms with Gasteiger partial charge in [0, 0.05) is 99.3 Å². The fourth-order valence-corrected chi connectivity index (χ4v) is 24.6. The van der Waals surface area contributed by atoms with Crippen LogP contribution in [0.3, 0.4) is 0 Å². The molecule has 0 saturated heterocycles. The Kier molecular flexibility index (Phi) is 24.0. The molecule has 4 atom stereocenters. The standard InChI is InChI=1S/C83H108N6S8/c1-15-21-25-27-29-31-33-51(7)41-55-37-39-63(90-55)69-57-43-65(92-77(57)70(58-44-68(82(12,13)14)95-78(58)69)64-40-38-56(91-64)42-52(8)34-32-30-28-26-22-16-2)59-49-84-73(75-71(59)86-96-88-75)66-45-60-79(93-66)80-61(83(60,47-53(19-5)35-23-17-3)48-54(20-6)36-24-18-4)46-67(94-80)74-76-72(87-97-89-76)62(50-85-74)81(9,10)11/h37-40,43-46,49-54H,15-36,41-42,47-48H2,1-14H3. The Morgan fingerprint density at radius 3 is 1.39 bits per heavy atom. The van der Waals surface area contributed by atoms with Crippen molar-refractivity contribution < 1.29 is 0 Å². The third-order valence-electron chi connectivity index (χ3n) is 21.4. The second-order valence-electron chi connectivity index (χ2n) is 31.2. The third-order valence-corrected chi connectivity index (χ3v) is 29.9. The van der Waals surface area contributed by atoms with E-state index < -0.39 is 0 Å². The van der Waals surface area contributed by atoms with Gasteiger partial charge in [0.2, 0.25) is 0 Å². The molecule has 0 saturated carbocycles. The average molecular weight is 1450 g/mol. The zero-order chi connectivity index (χ0) is 68.2. The van der Waals surface area contributed by atoms with Crippen molar-refractivity contribution in [3.8, 4) is 62.2 Å². The molecule has 6 nitrogen and oxygen atoms in total. The molecule has 97 heavy (non-hydrogen) atoms. The van der Waals surface area contributed by atoms with Crippen LogP contribution in [0.25, 0.3) is 104 Å². The molecule has 0 fully saturated rings. The maximum atomic E-state index is 5.65. The van der Waals surface area contributed by atoms with Gasteiger partial charge in [0.05, 0.1) is 33.2 Å². The summed E-state index contributed by atoms with van der Waals surface area (Å²) in [6, 6.07) is 20.2. The van der Waals surface area contributed by atoms with Gasteiger partial charge in [0.25, 0.3) is 0 Å². The number of aromatic nitrogens is 6. The minimum Gasteiger partial charge on any atom is -0.253 e. The first-order valence-corrected chi connectivity index (χ1v) is 44.0. The lowest BCUT2D eigenvalue weighted by atomic mass is 9.65. The summed E-state index contributed by atoms with van der Waals surface area (Å²) in [4.78, 5) is 24.6. The van der Waals surface area contributed by atoms with Crippen molar-refractivity contribution >= 4 is 134 Å². The van der Waals surface area contributed by atoms with E-state index in [2.05, 4.69) is 158 Å². The number of thiophene rings is 6. The number of unbranched alkanes of at least 4 members (excludes halogenated alkanes) is 12. The molecular weight excluding hydrogens is 1340 g/mol. The molecule has 0 radical (unpaired) electrons. The molecule has 10 heterocycles. The van der Waals surface area contributed by atoms with Crippen LogP contribution >= 0.6 is 91.5 Å². The number of rotatable bonds is 35. The monoisotopic (exact) mass is 1440 g/mol. The molecule has 4 unspecified atom stereocenters. The highest BCUT2D eigenvalue weighted by molar-refractivity contribution is 7.26. The number of hydrogen-bond donors (Lipinski definition) is 0. The Labute approximate surface area is 614 Å². The number of pyridine rings is 2. The third kappa shape index (κ3) is 15.6. The average Bonchev–Trinajstić information content (AvgIpc) is 1.18. The van der Waals surface area contributed by atoms with Gasteiger partial charge < -0.3 is 0 Å². The highest BCUT2D eigenvalue weighted by Gasteiger charge is 2.49. The van der Waals surface area contributed by atoms with E-state index in [0.717, 1.165) is 70.3 Å². The van der Waals surface area contributed by atoms with Gasteiger partial charge in [-0.3, -0.25) is 9.97 Å². The molecule has 518 valence electrons. The van der Waals surface area contributed by atoms with Crippen molar-refractivity contribution in [2.45, 2.75) is 280 Å². The summed E-state index contributed by atoms with van der Waals surface area (Å²) >= 11 is 14.6. The predicted molar refractivity (Wildman–Crippen MR) is 435 cm³/mol. The molecule has 0 bridgehead atoms. The number of nitrogens with zero attached hydrogens (tertiary/aromatic N) is 6. The van der Waals surface area contributed by atoms with E-state index in [1.807, 2.05) is 68.0 Å². The van der Waals surface area contributed by atoms with Crippen LogP contribution in [-0.2, 0) is 29.1 Å². The molecule has 1 aliphatic carbocycles. The van der Waals surface area contributed by atoms with E-state index in [0.29, 0.717) is 23.7 Å². The van der Waals surface area contributed by atoms with Gasteiger partial charge in [-0.2, -0.15) is 17.5 Å². The second-order valence-corrected chi connectivity index (χ2v) is 38.8. The molecule has 11 aromatic rings. The van der Waals surface area contributed by atoms with Crippen molar-refractivity contribution in [3.63, 3.8) is 0 Å². The highest BCUT2D eigenvalue weighted by atomic mass is 32.1. The van der Waals surface area contributed by atoms with Crippen molar-refractivity contribution in [2.24, 2.45) is 23.7 Å². The van der Waals surface area contributed by atoms with Gasteiger partial charge in [-0.15, -0.1) is 68.0 Å². The predicted octanol–water partition coefficient (Wildman–Crippen LogP) is 29.4. The Morgan fingerprint density at radius 1 is 0.423 bits per heavy atom. The van der Waals surface area contributed by atoms with E-state index in [-0.39, 0.29) is 16.2 Å². The minimum atomic E-state index is -0.153. The highest BCUT2D eigenvalue weighted by Crippen LogP contribution is 2.64. The Hall–Kier alpha value is -4.12. The lowest BCUT2D eigenvalue weighted by molar-refractivity contribution is 0.266. The second kappa shape index (κ2) is 32.0. The van der Waals surface area contributed by atoms with Crippen LogP contribution < -0.4 is 0 Å². The number of hydrogen-bond acceptors (Lipinski definition) is 14. The number of fused-ring (bicyclic) bond motifs is 7. The molecule has 12 rings (SSSR count). The molecule has 0 aliphatic heterocycles. The maximum absolute atomic E-state index is 5.65. The Bertz CT molecular complexity index is 4270. The van der Waals surface area contributed by atoms with E-state index in [1.54, 1.807) is 0 Å². The van der Waals surface area contributed by atoms with Crippen LogP contribution in [0.4, 0.5) is 0 Å². The first-order chi connectivity index (χ1) is 46.9. The molecule has 0 N–H and O–H groups in total. The first-order valence-electron chi connectivity index (χ1n) is 37.6. The SMILES string of the molecule is CCCCCCCCC(C)Cc1ccc(-c2c3cc(C(C)(C)C)sc3c(-c3ccc(CC(C)CCCCCCCC)s3)c3cc(-c4cnc(-c5cc6c(s5)-c5sc(-c7ncc(C(C)(C)C)c8nsnc78)cc5C6(CC(CC)CCCC)CC(CC)CCCC)c5nsnc45)sc23)s1. The van der Waals surface area contributed by atoms with E-state index in [1.165, 1.54) is 256 Å². The topological polar surface area (TPSA) is 77.3 Å². The fraction of sp³-hybridized carbons (Fsp3) is 0.566. The molecule has 1 aromatic carbocycles. The largest absolute Gasteiger partial charge is 0.253 e. The first kappa shape index (κ1) is 72.7. The summed E-state index contributed by atoms with van der Waals surface area (Å²) in [5.74, 6) is 2.53. The molecule has 0 spiro atoms.